The fourth-order valence-electron chi connectivity index (χ4n) is 1.51. The Kier molecular flexibility index (Phi) is 5.21. The minimum absolute atomic E-state index is 0.0556. The topological polar surface area (TPSA) is 58.6 Å². The summed E-state index contributed by atoms with van der Waals surface area (Å²) in [4.78, 5) is 1.75. The van der Waals surface area contributed by atoms with E-state index in [2.05, 4.69) is 21.1 Å². The Hall–Kier alpha value is -0.880. The third-order valence-corrected chi connectivity index (χ3v) is 4.73. The van der Waals surface area contributed by atoms with Gasteiger partial charge in [0.05, 0.1) is 10.0 Å². The molecule has 0 unspecified atom stereocenters. The van der Waals surface area contributed by atoms with Crippen molar-refractivity contribution >= 4 is 56.7 Å². The van der Waals surface area contributed by atoms with Crippen LogP contribution in [0.3, 0.4) is 0 Å². The molecule has 0 aromatic heterocycles. The SMILES string of the molecule is N/C(=N/O)c1ccc(Br)cc1Sc1ccc(Cl)c(Cl)c1. The van der Waals surface area contributed by atoms with Gasteiger partial charge in [0.1, 0.15) is 0 Å². The maximum atomic E-state index is 8.83. The molecule has 104 valence electrons. The van der Waals surface area contributed by atoms with E-state index in [4.69, 9.17) is 34.1 Å². The maximum absolute atomic E-state index is 8.83. The summed E-state index contributed by atoms with van der Waals surface area (Å²) in [6.07, 6.45) is 0. The number of hydrogen-bond donors (Lipinski definition) is 2. The summed E-state index contributed by atoms with van der Waals surface area (Å²) in [5.74, 6) is 0.0556. The van der Waals surface area contributed by atoms with E-state index >= 15 is 0 Å². The fourth-order valence-corrected chi connectivity index (χ4v) is 3.42. The Morgan fingerprint density at radius 3 is 2.55 bits per heavy atom. The minimum Gasteiger partial charge on any atom is -0.409 e. The van der Waals surface area contributed by atoms with Gasteiger partial charge in [-0.25, -0.2) is 0 Å². The second-order valence-corrected chi connectivity index (χ2v) is 6.65. The van der Waals surface area contributed by atoms with Crippen LogP contribution in [0, 0.1) is 0 Å². The van der Waals surface area contributed by atoms with E-state index in [1.165, 1.54) is 11.8 Å². The number of nitrogens with zero attached hydrogens (tertiary/aromatic N) is 1. The van der Waals surface area contributed by atoms with Crippen LogP contribution in [0.5, 0.6) is 0 Å². The Morgan fingerprint density at radius 2 is 1.90 bits per heavy atom. The van der Waals surface area contributed by atoms with Crippen LogP contribution in [0.15, 0.2) is 55.8 Å². The molecule has 3 nitrogen and oxygen atoms in total. The molecule has 0 atom stereocenters. The van der Waals surface area contributed by atoms with Crippen molar-refractivity contribution in [3.8, 4) is 0 Å². The number of amidine groups is 1. The van der Waals surface area contributed by atoms with Gasteiger partial charge in [0.25, 0.3) is 0 Å². The first kappa shape index (κ1) is 15.5. The molecule has 0 aliphatic carbocycles. The lowest BCUT2D eigenvalue weighted by Gasteiger charge is -2.09. The van der Waals surface area contributed by atoms with E-state index in [1.807, 2.05) is 18.2 Å². The van der Waals surface area contributed by atoms with Crippen LogP contribution in [0.25, 0.3) is 0 Å². The molecule has 0 aliphatic rings. The quantitative estimate of drug-likeness (QED) is 0.335. The van der Waals surface area contributed by atoms with Crippen molar-refractivity contribution in [2.45, 2.75) is 9.79 Å². The van der Waals surface area contributed by atoms with E-state index in [0.717, 1.165) is 14.3 Å². The molecule has 0 heterocycles. The summed E-state index contributed by atoms with van der Waals surface area (Å²) >= 11 is 16.7. The highest BCUT2D eigenvalue weighted by Crippen LogP contribution is 2.35. The van der Waals surface area contributed by atoms with Crippen LogP contribution < -0.4 is 5.73 Å². The highest BCUT2D eigenvalue weighted by Gasteiger charge is 2.10. The molecule has 20 heavy (non-hydrogen) atoms. The number of hydrogen-bond acceptors (Lipinski definition) is 3. The second-order valence-electron chi connectivity index (χ2n) is 3.80. The zero-order chi connectivity index (χ0) is 14.7. The van der Waals surface area contributed by atoms with Gasteiger partial charge in [-0.2, -0.15) is 0 Å². The summed E-state index contributed by atoms with van der Waals surface area (Å²) in [5.41, 5.74) is 6.32. The molecule has 0 radical (unpaired) electrons. The Bertz CT molecular complexity index is 679. The minimum atomic E-state index is 0.0556. The smallest absolute Gasteiger partial charge is 0.171 e. The Morgan fingerprint density at radius 1 is 1.15 bits per heavy atom. The molecule has 7 heteroatoms. The van der Waals surface area contributed by atoms with Crippen LogP contribution >= 0.6 is 50.9 Å². The molecule has 0 fully saturated rings. The standard InChI is InChI=1S/C13H9BrCl2N2OS/c14-7-1-3-9(13(17)18-19)12(5-7)20-8-2-4-10(15)11(16)6-8/h1-6,19H,(H2,17,18). The van der Waals surface area contributed by atoms with Gasteiger partial charge in [0.2, 0.25) is 0 Å². The molecule has 2 aromatic rings. The van der Waals surface area contributed by atoms with Crippen LogP contribution in [0.4, 0.5) is 0 Å². The third-order valence-electron chi connectivity index (χ3n) is 2.45. The van der Waals surface area contributed by atoms with Crippen molar-refractivity contribution in [1.82, 2.24) is 0 Å². The number of halogens is 3. The summed E-state index contributed by atoms with van der Waals surface area (Å²) in [6, 6.07) is 10.8. The van der Waals surface area contributed by atoms with Gasteiger partial charge in [-0.05, 0) is 36.4 Å². The number of benzene rings is 2. The molecule has 2 rings (SSSR count). The molecular weight excluding hydrogens is 383 g/mol. The molecule has 0 bridgehead atoms. The van der Waals surface area contributed by atoms with Crippen LogP contribution in [-0.4, -0.2) is 11.0 Å². The first-order valence-corrected chi connectivity index (χ1v) is 7.78. The van der Waals surface area contributed by atoms with E-state index in [-0.39, 0.29) is 5.84 Å². The van der Waals surface area contributed by atoms with Gasteiger partial charge in [0, 0.05) is 19.8 Å². The number of oxime groups is 1. The molecule has 3 N–H and O–H groups in total. The lowest BCUT2D eigenvalue weighted by molar-refractivity contribution is 0.318. The van der Waals surface area contributed by atoms with Crippen molar-refractivity contribution in [2.24, 2.45) is 10.9 Å². The molecule has 0 spiro atoms. The second kappa shape index (κ2) is 6.72. The molecule has 0 amide bonds. The summed E-state index contributed by atoms with van der Waals surface area (Å²) in [6.45, 7) is 0. The van der Waals surface area contributed by atoms with E-state index in [9.17, 15) is 0 Å². The van der Waals surface area contributed by atoms with Crippen molar-refractivity contribution in [3.63, 3.8) is 0 Å². The lowest BCUT2D eigenvalue weighted by atomic mass is 10.2. The zero-order valence-corrected chi connectivity index (χ0v) is 13.9. The van der Waals surface area contributed by atoms with E-state index in [0.29, 0.717) is 15.6 Å². The molecule has 2 aromatic carbocycles. The average Bonchev–Trinajstić information content (AvgIpc) is 2.42. The van der Waals surface area contributed by atoms with E-state index in [1.54, 1.807) is 18.2 Å². The maximum Gasteiger partial charge on any atom is 0.171 e. The Balaban J connectivity index is 2.41. The molecular formula is C13H9BrCl2N2OS. The van der Waals surface area contributed by atoms with Gasteiger partial charge >= 0.3 is 0 Å². The summed E-state index contributed by atoms with van der Waals surface area (Å²) in [5, 5.41) is 12.9. The predicted molar refractivity (Wildman–Crippen MR) is 87.2 cm³/mol. The molecule has 0 saturated heterocycles. The summed E-state index contributed by atoms with van der Waals surface area (Å²) in [7, 11) is 0. The van der Waals surface area contributed by atoms with Crippen molar-refractivity contribution in [2.75, 3.05) is 0 Å². The lowest BCUT2D eigenvalue weighted by Crippen LogP contribution is -2.14. The third kappa shape index (κ3) is 3.61. The van der Waals surface area contributed by atoms with Crippen molar-refractivity contribution in [3.05, 3.63) is 56.5 Å². The van der Waals surface area contributed by atoms with Crippen molar-refractivity contribution < 1.29 is 5.21 Å². The van der Waals surface area contributed by atoms with Crippen LogP contribution in [0.2, 0.25) is 10.0 Å². The van der Waals surface area contributed by atoms with E-state index < -0.39 is 0 Å². The highest BCUT2D eigenvalue weighted by atomic mass is 79.9. The zero-order valence-electron chi connectivity index (χ0n) is 9.98. The molecule has 0 saturated carbocycles. The number of nitrogens with two attached hydrogens (primary N) is 1. The first-order valence-electron chi connectivity index (χ1n) is 5.41. The highest BCUT2D eigenvalue weighted by molar-refractivity contribution is 9.10. The van der Waals surface area contributed by atoms with Gasteiger partial charge in [-0.1, -0.05) is 56.0 Å². The van der Waals surface area contributed by atoms with Gasteiger partial charge in [-0.3, -0.25) is 0 Å². The first-order chi connectivity index (χ1) is 9.51. The monoisotopic (exact) mass is 390 g/mol. The Labute approximate surface area is 138 Å². The normalized spacial score (nSPS) is 11.7. The van der Waals surface area contributed by atoms with Gasteiger partial charge < -0.3 is 10.9 Å². The van der Waals surface area contributed by atoms with Crippen molar-refractivity contribution in [1.29, 1.82) is 0 Å². The predicted octanol–water partition coefficient (Wildman–Crippen LogP) is 5.00. The van der Waals surface area contributed by atoms with Crippen LogP contribution in [0.1, 0.15) is 5.56 Å². The largest absolute Gasteiger partial charge is 0.409 e. The average molecular weight is 392 g/mol. The van der Waals surface area contributed by atoms with Crippen LogP contribution in [-0.2, 0) is 0 Å². The molecule has 0 aliphatic heterocycles. The van der Waals surface area contributed by atoms with Gasteiger partial charge in [-0.15, -0.1) is 0 Å². The summed E-state index contributed by atoms with van der Waals surface area (Å²) < 4.78 is 0.898. The fraction of sp³-hybridized carbons (Fsp3) is 0. The van der Waals surface area contributed by atoms with Gasteiger partial charge in [0.15, 0.2) is 5.84 Å². The number of rotatable bonds is 3.